The van der Waals surface area contributed by atoms with Crippen LogP contribution >= 0.6 is 11.8 Å². The van der Waals surface area contributed by atoms with E-state index in [9.17, 15) is 4.79 Å². The first-order valence-electron chi connectivity index (χ1n) is 5.06. The van der Waals surface area contributed by atoms with Crippen LogP contribution in [0.4, 0.5) is 0 Å². The van der Waals surface area contributed by atoms with Gasteiger partial charge in [-0.25, -0.2) is 0 Å². The van der Waals surface area contributed by atoms with Gasteiger partial charge < -0.3 is 14.2 Å². The zero-order valence-corrected chi connectivity index (χ0v) is 11.0. The molecule has 0 aliphatic carbocycles. The van der Waals surface area contributed by atoms with Crippen LogP contribution in [-0.2, 0) is 16.1 Å². The normalized spacial score (nSPS) is 9.82. The van der Waals surface area contributed by atoms with Crippen molar-refractivity contribution < 1.29 is 19.0 Å². The first-order chi connectivity index (χ1) is 8.21. The third-order valence-corrected chi connectivity index (χ3v) is 2.66. The van der Waals surface area contributed by atoms with E-state index in [0.717, 1.165) is 5.56 Å². The van der Waals surface area contributed by atoms with Crippen molar-refractivity contribution in [3.63, 3.8) is 0 Å². The van der Waals surface area contributed by atoms with Gasteiger partial charge in [-0.05, 0) is 24.5 Å². The fraction of sp³-hybridized carbons (Fsp3) is 0.417. The minimum Gasteiger partial charge on any atom is -0.497 e. The van der Waals surface area contributed by atoms with Crippen LogP contribution in [0.25, 0.3) is 0 Å². The SMILES string of the molecule is COc1ccc(OC)c(COC(=O)CSC)c1. The van der Waals surface area contributed by atoms with Crippen LogP contribution in [0.5, 0.6) is 11.5 Å². The van der Waals surface area contributed by atoms with Crippen LogP contribution in [0.3, 0.4) is 0 Å². The molecule has 0 saturated carbocycles. The van der Waals surface area contributed by atoms with Crippen molar-refractivity contribution in [2.45, 2.75) is 6.61 Å². The molecule has 0 N–H and O–H groups in total. The molecule has 0 amide bonds. The van der Waals surface area contributed by atoms with Crippen LogP contribution in [0.15, 0.2) is 18.2 Å². The molecule has 0 aliphatic rings. The number of hydrogen-bond donors (Lipinski definition) is 0. The van der Waals surface area contributed by atoms with E-state index in [-0.39, 0.29) is 12.6 Å². The summed E-state index contributed by atoms with van der Waals surface area (Å²) in [6.07, 6.45) is 1.85. The first-order valence-corrected chi connectivity index (χ1v) is 6.46. The molecule has 0 atom stereocenters. The Morgan fingerprint density at radius 3 is 2.65 bits per heavy atom. The fourth-order valence-electron chi connectivity index (χ4n) is 1.31. The van der Waals surface area contributed by atoms with Crippen molar-refractivity contribution in [1.29, 1.82) is 0 Å². The zero-order chi connectivity index (χ0) is 12.7. The number of thioether (sulfide) groups is 1. The van der Waals surface area contributed by atoms with Crippen molar-refractivity contribution in [3.8, 4) is 11.5 Å². The molecule has 0 bridgehead atoms. The summed E-state index contributed by atoms with van der Waals surface area (Å²) in [5, 5.41) is 0. The van der Waals surface area contributed by atoms with E-state index in [2.05, 4.69) is 0 Å². The molecule has 4 nitrogen and oxygen atoms in total. The second-order valence-corrected chi connectivity index (χ2v) is 4.14. The van der Waals surface area contributed by atoms with Gasteiger partial charge in [-0.15, -0.1) is 0 Å². The van der Waals surface area contributed by atoms with E-state index in [1.165, 1.54) is 11.8 Å². The molecular formula is C12H16O4S. The highest BCUT2D eigenvalue weighted by atomic mass is 32.2. The second-order valence-electron chi connectivity index (χ2n) is 3.27. The molecular weight excluding hydrogens is 240 g/mol. The smallest absolute Gasteiger partial charge is 0.316 e. The van der Waals surface area contributed by atoms with E-state index in [1.54, 1.807) is 32.4 Å². The number of methoxy groups -OCH3 is 2. The van der Waals surface area contributed by atoms with Gasteiger partial charge in [-0.2, -0.15) is 11.8 Å². The highest BCUT2D eigenvalue weighted by molar-refractivity contribution is 7.99. The second kappa shape index (κ2) is 7.06. The summed E-state index contributed by atoms with van der Waals surface area (Å²) < 4.78 is 15.4. The minimum atomic E-state index is -0.234. The van der Waals surface area contributed by atoms with Crippen molar-refractivity contribution >= 4 is 17.7 Å². The molecule has 5 heteroatoms. The molecule has 0 aromatic heterocycles. The first kappa shape index (κ1) is 13.7. The van der Waals surface area contributed by atoms with Crippen LogP contribution in [-0.4, -0.2) is 32.2 Å². The lowest BCUT2D eigenvalue weighted by Crippen LogP contribution is -2.07. The maximum absolute atomic E-state index is 11.3. The molecule has 0 spiro atoms. The molecule has 1 aromatic carbocycles. The topological polar surface area (TPSA) is 44.8 Å². The summed E-state index contributed by atoms with van der Waals surface area (Å²) in [4.78, 5) is 11.3. The number of rotatable bonds is 6. The maximum Gasteiger partial charge on any atom is 0.316 e. The molecule has 0 unspecified atom stereocenters. The molecule has 17 heavy (non-hydrogen) atoms. The lowest BCUT2D eigenvalue weighted by atomic mass is 10.2. The Hall–Kier alpha value is -1.36. The monoisotopic (exact) mass is 256 g/mol. The van der Waals surface area contributed by atoms with Gasteiger partial charge in [-0.3, -0.25) is 4.79 Å². The van der Waals surface area contributed by atoms with Gasteiger partial charge in [0.25, 0.3) is 0 Å². The van der Waals surface area contributed by atoms with Crippen LogP contribution in [0, 0.1) is 0 Å². The predicted octanol–water partition coefficient (Wildman–Crippen LogP) is 2.11. The highest BCUT2D eigenvalue weighted by Crippen LogP contribution is 2.24. The van der Waals surface area contributed by atoms with Crippen molar-refractivity contribution in [2.24, 2.45) is 0 Å². The van der Waals surface area contributed by atoms with Crippen molar-refractivity contribution in [2.75, 3.05) is 26.2 Å². The Morgan fingerprint density at radius 1 is 1.29 bits per heavy atom. The molecule has 0 fully saturated rings. The molecule has 1 aromatic rings. The average Bonchev–Trinajstić information content (AvgIpc) is 2.36. The minimum absolute atomic E-state index is 0.194. The predicted molar refractivity (Wildman–Crippen MR) is 67.7 cm³/mol. The van der Waals surface area contributed by atoms with E-state index in [1.807, 2.05) is 6.26 Å². The lowest BCUT2D eigenvalue weighted by Gasteiger charge is -2.10. The fourth-order valence-corrected chi connectivity index (χ4v) is 1.63. The number of ether oxygens (including phenoxy) is 3. The molecule has 1 rings (SSSR count). The van der Waals surface area contributed by atoms with Gasteiger partial charge in [0.2, 0.25) is 0 Å². The molecule has 0 heterocycles. The number of carbonyl (C=O) groups is 1. The Morgan fingerprint density at radius 2 is 2.06 bits per heavy atom. The van der Waals surface area contributed by atoms with Crippen molar-refractivity contribution in [1.82, 2.24) is 0 Å². The van der Waals surface area contributed by atoms with Gasteiger partial charge in [-0.1, -0.05) is 0 Å². The van der Waals surface area contributed by atoms with E-state index in [4.69, 9.17) is 14.2 Å². The molecule has 0 aliphatic heterocycles. The number of benzene rings is 1. The lowest BCUT2D eigenvalue weighted by molar-refractivity contribution is -0.141. The van der Waals surface area contributed by atoms with Gasteiger partial charge in [0.15, 0.2) is 0 Å². The third-order valence-electron chi connectivity index (χ3n) is 2.14. The number of hydrogen-bond acceptors (Lipinski definition) is 5. The largest absolute Gasteiger partial charge is 0.497 e. The van der Waals surface area contributed by atoms with Gasteiger partial charge >= 0.3 is 5.97 Å². The number of esters is 1. The molecule has 0 saturated heterocycles. The van der Waals surface area contributed by atoms with Crippen LogP contribution in [0.1, 0.15) is 5.56 Å². The highest BCUT2D eigenvalue weighted by Gasteiger charge is 2.08. The van der Waals surface area contributed by atoms with E-state index >= 15 is 0 Å². The summed E-state index contributed by atoms with van der Waals surface area (Å²) in [5.41, 5.74) is 0.793. The Kier molecular flexibility index (Phi) is 5.69. The third kappa shape index (κ3) is 4.19. The summed E-state index contributed by atoms with van der Waals surface area (Å²) in [5.74, 6) is 1.51. The van der Waals surface area contributed by atoms with Crippen molar-refractivity contribution in [3.05, 3.63) is 23.8 Å². The zero-order valence-electron chi connectivity index (χ0n) is 10.2. The van der Waals surface area contributed by atoms with Gasteiger partial charge in [0, 0.05) is 5.56 Å². The quantitative estimate of drug-likeness (QED) is 0.729. The Balaban J connectivity index is 2.70. The summed E-state index contributed by atoms with van der Waals surface area (Å²) in [6.45, 7) is 0.194. The summed E-state index contributed by atoms with van der Waals surface area (Å²) in [6, 6.07) is 5.38. The Labute approximate surface area is 105 Å². The standard InChI is InChI=1S/C12H16O4S/c1-14-10-4-5-11(15-2)9(6-10)7-16-12(13)8-17-3/h4-6H,7-8H2,1-3H3. The van der Waals surface area contributed by atoms with Crippen LogP contribution in [0.2, 0.25) is 0 Å². The summed E-state index contributed by atoms with van der Waals surface area (Å²) in [7, 11) is 3.17. The summed E-state index contributed by atoms with van der Waals surface area (Å²) >= 11 is 1.43. The maximum atomic E-state index is 11.3. The van der Waals surface area contributed by atoms with Crippen LogP contribution < -0.4 is 9.47 Å². The molecule has 0 radical (unpaired) electrons. The molecule has 94 valence electrons. The van der Waals surface area contributed by atoms with Gasteiger partial charge in [0.05, 0.1) is 20.0 Å². The van der Waals surface area contributed by atoms with E-state index in [0.29, 0.717) is 17.3 Å². The van der Waals surface area contributed by atoms with E-state index < -0.39 is 0 Å². The number of carbonyl (C=O) groups excluding carboxylic acids is 1. The average molecular weight is 256 g/mol. The van der Waals surface area contributed by atoms with Gasteiger partial charge in [0.1, 0.15) is 18.1 Å². The Bertz CT molecular complexity index is 379.